The van der Waals surface area contributed by atoms with Gasteiger partial charge in [-0.25, -0.2) is 0 Å². The highest BCUT2D eigenvalue weighted by atomic mass is 35.5. The van der Waals surface area contributed by atoms with Crippen LogP contribution in [0.5, 0.6) is 0 Å². The third-order valence-electron chi connectivity index (χ3n) is 5.15. The Morgan fingerprint density at radius 3 is 2.74 bits per heavy atom. The van der Waals surface area contributed by atoms with Gasteiger partial charge in [0.05, 0.1) is 6.04 Å². The summed E-state index contributed by atoms with van der Waals surface area (Å²) in [6, 6.07) is 5.46. The summed E-state index contributed by atoms with van der Waals surface area (Å²) in [7, 11) is 0. The molecule has 3 N–H and O–H groups in total. The van der Waals surface area contributed by atoms with E-state index in [4.69, 9.17) is 17.3 Å². The summed E-state index contributed by atoms with van der Waals surface area (Å²) in [5.74, 6) is 0.451. The van der Waals surface area contributed by atoms with Crippen molar-refractivity contribution in [3.63, 3.8) is 0 Å². The van der Waals surface area contributed by atoms with E-state index in [1.807, 2.05) is 23.1 Å². The average molecular weight is 336 g/mol. The van der Waals surface area contributed by atoms with Gasteiger partial charge >= 0.3 is 0 Å². The Labute approximate surface area is 143 Å². The number of nitrogens with one attached hydrogen (secondary N) is 1. The number of hydrogen-bond acceptors (Lipinski definition) is 3. The first-order valence-corrected chi connectivity index (χ1v) is 8.88. The van der Waals surface area contributed by atoms with Crippen LogP contribution in [-0.4, -0.2) is 31.6 Å². The summed E-state index contributed by atoms with van der Waals surface area (Å²) in [5, 5.41) is 4.15. The second kappa shape index (κ2) is 6.42. The molecule has 0 aliphatic carbocycles. The molecule has 23 heavy (non-hydrogen) atoms. The van der Waals surface area contributed by atoms with E-state index >= 15 is 0 Å². The summed E-state index contributed by atoms with van der Waals surface area (Å²) in [5.41, 5.74) is 8.42. The van der Waals surface area contributed by atoms with Crippen LogP contribution < -0.4 is 16.0 Å². The number of nitrogens with two attached hydrogens (primary N) is 1. The standard InChI is InChI=1S/C18H26ClN3O/c1-12(2)9-15(20)17(23)22-11-18(5-7-21-8-6-18)14-10-13(19)3-4-16(14)22/h3-4,10,12,15,21H,5-9,11,20H2,1-2H3/t15-/m0/s1. The number of carbonyl (C=O) groups is 1. The number of rotatable bonds is 3. The normalized spacial score (nSPS) is 20.8. The number of halogens is 1. The van der Waals surface area contributed by atoms with E-state index in [1.165, 1.54) is 5.56 Å². The zero-order chi connectivity index (χ0) is 16.6. The number of nitrogens with zero attached hydrogens (tertiary/aromatic N) is 1. The van der Waals surface area contributed by atoms with Crippen LogP contribution in [0.3, 0.4) is 0 Å². The van der Waals surface area contributed by atoms with Gasteiger partial charge in [0.25, 0.3) is 0 Å². The Balaban J connectivity index is 1.94. The minimum atomic E-state index is -0.435. The topological polar surface area (TPSA) is 58.4 Å². The Bertz CT molecular complexity index is 596. The molecule has 2 aliphatic heterocycles. The fraction of sp³-hybridized carbons (Fsp3) is 0.611. The predicted octanol–water partition coefficient (Wildman–Crippen LogP) is 2.68. The lowest BCUT2D eigenvalue weighted by atomic mass is 9.75. The van der Waals surface area contributed by atoms with E-state index in [9.17, 15) is 4.79 Å². The average Bonchev–Trinajstić information content (AvgIpc) is 2.80. The summed E-state index contributed by atoms with van der Waals surface area (Å²) in [4.78, 5) is 14.8. The SMILES string of the molecule is CC(C)C[C@H](N)C(=O)N1CC2(CCNCC2)c2cc(Cl)ccc21. The van der Waals surface area contributed by atoms with Gasteiger partial charge in [-0.15, -0.1) is 0 Å². The molecule has 2 heterocycles. The van der Waals surface area contributed by atoms with Crippen molar-refractivity contribution in [3.05, 3.63) is 28.8 Å². The third-order valence-corrected chi connectivity index (χ3v) is 5.39. The number of amides is 1. The zero-order valence-electron chi connectivity index (χ0n) is 13.9. The first kappa shape index (κ1) is 16.7. The van der Waals surface area contributed by atoms with Crippen LogP contribution in [0.4, 0.5) is 5.69 Å². The second-order valence-corrected chi connectivity index (χ2v) is 7.79. The molecule has 1 aromatic rings. The Kier molecular flexibility index (Phi) is 4.68. The lowest BCUT2D eigenvalue weighted by molar-refractivity contribution is -0.120. The fourth-order valence-electron chi connectivity index (χ4n) is 3.98. The molecule has 2 aliphatic rings. The molecule has 126 valence electrons. The van der Waals surface area contributed by atoms with E-state index < -0.39 is 6.04 Å². The third kappa shape index (κ3) is 3.12. The molecule has 0 unspecified atom stereocenters. The molecule has 1 aromatic carbocycles. The number of anilines is 1. The van der Waals surface area contributed by atoms with Gasteiger partial charge in [-0.05, 0) is 62.0 Å². The van der Waals surface area contributed by atoms with Crippen molar-refractivity contribution < 1.29 is 4.79 Å². The van der Waals surface area contributed by atoms with Crippen molar-refractivity contribution in [3.8, 4) is 0 Å². The van der Waals surface area contributed by atoms with E-state index in [2.05, 4.69) is 19.2 Å². The van der Waals surface area contributed by atoms with Crippen LogP contribution in [0.1, 0.15) is 38.7 Å². The molecule has 5 heteroatoms. The van der Waals surface area contributed by atoms with Crippen LogP contribution in [0.25, 0.3) is 0 Å². The maximum Gasteiger partial charge on any atom is 0.243 e. The molecule has 0 bridgehead atoms. The highest BCUT2D eigenvalue weighted by molar-refractivity contribution is 6.30. The van der Waals surface area contributed by atoms with Crippen molar-refractivity contribution in [2.24, 2.45) is 11.7 Å². The van der Waals surface area contributed by atoms with E-state index in [0.717, 1.165) is 43.2 Å². The number of piperidine rings is 1. The van der Waals surface area contributed by atoms with Crippen molar-refractivity contribution in [1.82, 2.24) is 5.32 Å². The molecular formula is C18H26ClN3O. The molecule has 1 fully saturated rings. The van der Waals surface area contributed by atoms with Gasteiger partial charge in [-0.2, -0.15) is 0 Å². The predicted molar refractivity (Wildman–Crippen MR) is 95.0 cm³/mol. The van der Waals surface area contributed by atoms with Crippen LogP contribution in [0, 0.1) is 5.92 Å². The highest BCUT2D eigenvalue weighted by Gasteiger charge is 2.45. The molecule has 4 nitrogen and oxygen atoms in total. The quantitative estimate of drug-likeness (QED) is 0.893. The van der Waals surface area contributed by atoms with Gasteiger partial charge in [0.1, 0.15) is 0 Å². The number of hydrogen-bond donors (Lipinski definition) is 2. The van der Waals surface area contributed by atoms with E-state index in [-0.39, 0.29) is 11.3 Å². The highest BCUT2D eigenvalue weighted by Crippen LogP contribution is 2.47. The van der Waals surface area contributed by atoms with E-state index in [1.54, 1.807) is 0 Å². The molecule has 1 spiro atoms. The summed E-state index contributed by atoms with van der Waals surface area (Å²) in [6.07, 6.45) is 2.78. The van der Waals surface area contributed by atoms with Crippen LogP contribution in [0.15, 0.2) is 18.2 Å². The second-order valence-electron chi connectivity index (χ2n) is 7.35. The minimum absolute atomic E-state index is 0.0265. The summed E-state index contributed by atoms with van der Waals surface area (Å²) < 4.78 is 0. The van der Waals surface area contributed by atoms with Crippen molar-refractivity contribution in [1.29, 1.82) is 0 Å². The zero-order valence-corrected chi connectivity index (χ0v) is 14.7. The lowest BCUT2D eigenvalue weighted by Crippen LogP contribution is -2.48. The van der Waals surface area contributed by atoms with Crippen molar-refractivity contribution >= 4 is 23.2 Å². The molecule has 0 saturated carbocycles. The Morgan fingerprint density at radius 2 is 2.09 bits per heavy atom. The summed E-state index contributed by atoms with van der Waals surface area (Å²) >= 11 is 6.24. The van der Waals surface area contributed by atoms with Gasteiger partial charge in [0.15, 0.2) is 0 Å². The first-order chi connectivity index (χ1) is 10.9. The van der Waals surface area contributed by atoms with Crippen LogP contribution in [0.2, 0.25) is 5.02 Å². The lowest BCUT2D eigenvalue weighted by Gasteiger charge is -2.35. The van der Waals surface area contributed by atoms with Gasteiger partial charge in [0, 0.05) is 22.7 Å². The Morgan fingerprint density at radius 1 is 1.39 bits per heavy atom. The molecule has 1 atom stereocenters. The smallest absolute Gasteiger partial charge is 0.243 e. The Hall–Kier alpha value is -1.10. The van der Waals surface area contributed by atoms with Crippen molar-refractivity contribution in [2.45, 2.75) is 44.6 Å². The molecule has 1 amide bonds. The summed E-state index contributed by atoms with van der Waals surface area (Å²) in [6.45, 7) is 6.88. The number of carbonyl (C=O) groups excluding carboxylic acids is 1. The molecule has 0 aromatic heterocycles. The number of benzene rings is 1. The maximum atomic E-state index is 12.9. The van der Waals surface area contributed by atoms with Crippen LogP contribution in [-0.2, 0) is 10.2 Å². The van der Waals surface area contributed by atoms with E-state index in [0.29, 0.717) is 12.3 Å². The first-order valence-electron chi connectivity index (χ1n) is 8.51. The monoisotopic (exact) mass is 335 g/mol. The van der Waals surface area contributed by atoms with Gasteiger partial charge < -0.3 is 16.0 Å². The number of fused-ring (bicyclic) bond motifs is 2. The van der Waals surface area contributed by atoms with Gasteiger partial charge in [0.2, 0.25) is 5.91 Å². The van der Waals surface area contributed by atoms with Gasteiger partial charge in [-0.3, -0.25) is 4.79 Å². The molecule has 1 saturated heterocycles. The van der Waals surface area contributed by atoms with Crippen LogP contribution >= 0.6 is 11.6 Å². The largest absolute Gasteiger partial charge is 0.320 e. The molecular weight excluding hydrogens is 310 g/mol. The maximum absolute atomic E-state index is 12.9. The molecule has 0 radical (unpaired) electrons. The minimum Gasteiger partial charge on any atom is -0.320 e. The van der Waals surface area contributed by atoms with Gasteiger partial charge in [-0.1, -0.05) is 25.4 Å². The molecule has 3 rings (SSSR count). The fourth-order valence-corrected chi connectivity index (χ4v) is 4.15. The van der Waals surface area contributed by atoms with Crippen molar-refractivity contribution in [2.75, 3.05) is 24.5 Å².